The predicted molar refractivity (Wildman–Crippen MR) is 124 cm³/mol. The topological polar surface area (TPSA) is 82.0 Å². The Hall–Kier alpha value is -3.77. The van der Waals surface area contributed by atoms with Crippen LogP contribution in [0.25, 0.3) is 0 Å². The molecule has 32 heavy (non-hydrogen) atoms. The van der Waals surface area contributed by atoms with Gasteiger partial charge in [-0.05, 0) is 11.6 Å². The maximum Gasteiger partial charge on any atom is 0.272 e. The number of aliphatic imine (C=N–C) groups is 1. The van der Waals surface area contributed by atoms with Crippen molar-refractivity contribution in [1.29, 1.82) is 0 Å². The molecule has 0 bridgehead atoms. The van der Waals surface area contributed by atoms with Crippen molar-refractivity contribution in [2.45, 2.75) is 19.2 Å². The molecule has 4 rings (SSSR count). The number of nitrogens with zero attached hydrogens (tertiary/aromatic N) is 2. The van der Waals surface area contributed by atoms with Gasteiger partial charge in [-0.1, -0.05) is 85.8 Å². The lowest BCUT2D eigenvalue weighted by molar-refractivity contribution is -0.132. The third kappa shape index (κ3) is 4.18. The number of carbonyl (C=O) groups excluding carboxylic acids is 2. The molecule has 6 nitrogen and oxygen atoms in total. The average Bonchev–Trinajstić information content (AvgIpc) is 2.95. The van der Waals surface area contributed by atoms with Crippen molar-refractivity contribution >= 4 is 23.2 Å². The molecule has 0 radical (unpaired) electrons. The minimum absolute atomic E-state index is 0.349. The van der Waals surface area contributed by atoms with Crippen LogP contribution in [0.2, 0.25) is 0 Å². The zero-order valence-electron chi connectivity index (χ0n) is 18.0. The second kappa shape index (κ2) is 9.16. The number of rotatable bonds is 5. The number of amides is 2. The van der Waals surface area contributed by atoms with E-state index in [2.05, 4.69) is 10.3 Å². The molecule has 2 N–H and O–H groups in total. The van der Waals surface area contributed by atoms with Crippen LogP contribution in [0.15, 0.2) is 89.9 Å². The third-order valence-corrected chi connectivity index (χ3v) is 5.70. The molecule has 3 atom stereocenters. The Kier molecular flexibility index (Phi) is 6.14. The standard InChI is InChI=1S/C26H25N3O3/c1-17(23(30)19-13-7-4-8-14-19)25(31)28-24-26(32)29(2)21-16-10-9-15-20(21)22(27-24)18-11-5-3-6-12-18/h3-17,23-24,30H,1-2H3,(H,28,31)/t17-,23+,24?/m1/s1. The number of benzene rings is 3. The molecule has 0 fully saturated rings. The van der Waals surface area contributed by atoms with Crippen molar-refractivity contribution in [3.8, 4) is 0 Å². The Bertz CT molecular complexity index is 1150. The number of aliphatic hydroxyl groups is 1. The summed E-state index contributed by atoms with van der Waals surface area (Å²) in [6.07, 6.45) is -2.11. The summed E-state index contributed by atoms with van der Waals surface area (Å²) in [7, 11) is 1.67. The number of anilines is 1. The average molecular weight is 428 g/mol. The second-order valence-electron chi connectivity index (χ2n) is 7.81. The largest absolute Gasteiger partial charge is 0.388 e. The number of aliphatic hydroxyl groups excluding tert-OH is 1. The van der Waals surface area contributed by atoms with Crippen molar-refractivity contribution < 1.29 is 14.7 Å². The summed E-state index contributed by atoms with van der Waals surface area (Å²) in [6.45, 7) is 1.63. The maximum atomic E-state index is 13.2. The number of carbonyl (C=O) groups is 2. The van der Waals surface area contributed by atoms with Crippen LogP contribution < -0.4 is 10.2 Å². The van der Waals surface area contributed by atoms with Crippen molar-refractivity contribution in [3.63, 3.8) is 0 Å². The molecular formula is C26H25N3O3. The number of hydrogen-bond donors (Lipinski definition) is 2. The smallest absolute Gasteiger partial charge is 0.272 e. The fourth-order valence-electron chi connectivity index (χ4n) is 3.79. The van der Waals surface area contributed by atoms with E-state index in [1.54, 1.807) is 38.2 Å². The highest BCUT2D eigenvalue weighted by Gasteiger charge is 2.33. The summed E-state index contributed by atoms with van der Waals surface area (Å²) in [4.78, 5) is 32.4. The molecule has 0 spiro atoms. The van der Waals surface area contributed by atoms with Crippen LogP contribution in [-0.4, -0.2) is 35.8 Å². The summed E-state index contributed by atoms with van der Waals surface area (Å²) in [5.41, 5.74) is 3.64. The van der Waals surface area contributed by atoms with Crippen LogP contribution in [0.3, 0.4) is 0 Å². The van der Waals surface area contributed by atoms with Gasteiger partial charge in [0.15, 0.2) is 0 Å². The number of benzodiazepines with no additional fused rings is 1. The van der Waals surface area contributed by atoms with Crippen molar-refractivity contribution in [2.75, 3.05) is 11.9 Å². The number of fused-ring (bicyclic) bond motifs is 1. The van der Waals surface area contributed by atoms with Gasteiger partial charge in [0.1, 0.15) is 0 Å². The van der Waals surface area contributed by atoms with Gasteiger partial charge in [0.05, 0.1) is 23.4 Å². The first-order valence-electron chi connectivity index (χ1n) is 10.5. The first-order chi connectivity index (χ1) is 15.5. The summed E-state index contributed by atoms with van der Waals surface area (Å²) >= 11 is 0. The van der Waals surface area contributed by atoms with E-state index in [1.165, 1.54) is 4.90 Å². The van der Waals surface area contributed by atoms with Crippen LogP contribution in [0.5, 0.6) is 0 Å². The van der Waals surface area contributed by atoms with Gasteiger partial charge in [0, 0.05) is 18.2 Å². The van der Waals surface area contributed by atoms with Gasteiger partial charge >= 0.3 is 0 Å². The molecule has 3 aromatic rings. The molecule has 0 aliphatic carbocycles. The van der Waals surface area contributed by atoms with Crippen LogP contribution in [0.4, 0.5) is 5.69 Å². The fourth-order valence-corrected chi connectivity index (χ4v) is 3.79. The molecule has 1 heterocycles. The SMILES string of the molecule is C[C@@H](C(=O)NC1N=C(c2ccccc2)c2ccccc2N(C)C1=O)[C@H](O)c1ccccc1. The van der Waals surface area contributed by atoms with Crippen molar-refractivity contribution in [2.24, 2.45) is 10.9 Å². The van der Waals surface area contributed by atoms with E-state index in [-0.39, 0.29) is 5.91 Å². The van der Waals surface area contributed by atoms with E-state index in [0.29, 0.717) is 17.0 Å². The molecule has 1 aliphatic rings. The Morgan fingerprint density at radius 3 is 2.25 bits per heavy atom. The van der Waals surface area contributed by atoms with E-state index in [0.717, 1.165) is 11.1 Å². The highest BCUT2D eigenvalue weighted by molar-refractivity contribution is 6.20. The van der Waals surface area contributed by atoms with E-state index < -0.39 is 24.1 Å². The predicted octanol–water partition coefficient (Wildman–Crippen LogP) is 3.31. The zero-order chi connectivity index (χ0) is 22.7. The first-order valence-corrected chi connectivity index (χ1v) is 10.5. The maximum absolute atomic E-state index is 13.2. The Balaban J connectivity index is 1.67. The molecule has 0 saturated carbocycles. The van der Waals surface area contributed by atoms with Gasteiger partial charge in [-0.15, -0.1) is 0 Å². The van der Waals surface area contributed by atoms with Gasteiger partial charge in [-0.2, -0.15) is 0 Å². The number of para-hydroxylation sites is 1. The molecule has 0 saturated heterocycles. The minimum Gasteiger partial charge on any atom is -0.388 e. The lowest BCUT2D eigenvalue weighted by atomic mass is 9.96. The van der Waals surface area contributed by atoms with Crippen LogP contribution >= 0.6 is 0 Å². The zero-order valence-corrected chi connectivity index (χ0v) is 18.0. The van der Waals surface area contributed by atoms with E-state index in [4.69, 9.17) is 0 Å². The molecular weight excluding hydrogens is 402 g/mol. The Morgan fingerprint density at radius 2 is 1.56 bits per heavy atom. The van der Waals surface area contributed by atoms with E-state index in [9.17, 15) is 14.7 Å². The Morgan fingerprint density at radius 1 is 0.969 bits per heavy atom. The summed E-state index contributed by atoms with van der Waals surface area (Å²) in [6, 6.07) is 26.1. The lowest BCUT2D eigenvalue weighted by Gasteiger charge is -2.23. The normalized spacial score (nSPS) is 17.6. The van der Waals surface area contributed by atoms with Crippen molar-refractivity contribution in [3.05, 3.63) is 102 Å². The van der Waals surface area contributed by atoms with Crippen LogP contribution in [-0.2, 0) is 9.59 Å². The van der Waals surface area contributed by atoms with Crippen LogP contribution in [0, 0.1) is 5.92 Å². The molecule has 6 heteroatoms. The third-order valence-electron chi connectivity index (χ3n) is 5.70. The molecule has 0 aromatic heterocycles. The second-order valence-corrected chi connectivity index (χ2v) is 7.81. The molecule has 162 valence electrons. The number of likely N-dealkylation sites (N-methyl/N-ethyl adjacent to an activating group) is 1. The van der Waals surface area contributed by atoms with Crippen LogP contribution in [0.1, 0.15) is 29.7 Å². The summed E-state index contributed by atoms with van der Waals surface area (Å²) < 4.78 is 0. The lowest BCUT2D eigenvalue weighted by Crippen LogP contribution is -2.48. The summed E-state index contributed by atoms with van der Waals surface area (Å²) in [5.74, 6) is -1.56. The van der Waals surface area contributed by atoms with Gasteiger partial charge in [-0.25, -0.2) is 4.99 Å². The molecule has 3 aromatic carbocycles. The molecule has 2 amide bonds. The number of nitrogens with one attached hydrogen (secondary N) is 1. The van der Waals surface area contributed by atoms with E-state index in [1.807, 2.05) is 60.7 Å². The van der Waals surface area contributed by atoms with Crippen molar-refractivity contribution in [1.82, 2.24) is 5.32 Å². The first kappa shape index (κ1) is 21.5. The quantitative estimate of drug-likeness (QED) is 0.655. The Labute approximate surface area is 187 Å². The van der Waals surface area contributed by atoms with E-state index >= 15 is 0 Å². The highest BCUT2D eigenvalue weighted by atomic mass is 16.3. The fraction of sp³-hybridized carbons (Fsp3) is 0.192. The highest BCUT2D eigenvalue weighted by Crippen LogP contribution is 2.28. The van der Waals surface area contributed by atoms with Gasteiger partial charge in [-0.3, -0.25) is 9.59 Å². The van der Waals surface area contributed by atoms with Gasteiger partial charge in [0.2, 0.25) is 12.1 Å². The summed E-state index contributed by atoms with van der Waals surface area (Å²) in [5, 5.41) is 13.4. The van der Waals surface area contributed by atoms with Gasteiger partial charge in [0.25, 0.3) is 5.91 Å². The molecule has 1 unspecified atom stereocenters. The molecule has 1 aliphatic heterocycles. The van der Waals surface area contributed by atoms with Gasteiger partial charge < -0.3 is 15.3 Å². The number of hydrogen-bond acceptors (Lipinski definition) is 4. The monoisotopic (exact) mass is 427 g/mol. The minimum atomic E-state index is -1.11.